The van der Waals surface area contributed by atoms with Crippen molar-refractivity contribution >= 4 is 10.0 Å². The summed E-state index contributed by atoms with van der Waals surface area (Å²) >= 11 is 0. The Hall–Kier alpha value is -0.130. The summed E-state index contributed by atoms with van der Waals surface area (Å²) in [5.74, 6) is 0.291. The van der Waals surface area contributed by atoms with Gasteiger partial charge in [0.05, 0.1) is 5.25 Å². The summed E-state index contributed by atoms with van der Waals surface area (Å²) in [6.07, 6.45) is 0. The lowest BCUT2D eigenvalue weighted by Crippen LogP contribution is -2.43. The molecule has 4 nitrogen and oxygen atoms in total. The highest BCUT2D eigenvalue weighted by atomic mass is 32.2. The van der Waals surface area contributed by atoms with Crippen LogP contribution in [0.15, 0.2) is 0 Å². The largest absolute Gasteiger partial charge is 0.329 e. The molecule has 0 aromatic carbocycles. The van der Waals surface area contributed by atoms with Crippen molar-refractivity contribution < 1.29 is 8.42 Å². The van der Waals surface area contributed by atoms with E-state index in [9.17, 15) is 8.42 Å². The molecule has 3 N–H and O–H groups in total. The fourth-order valence-electron chi connectivity index (χ4n) is 0.638. The van der Waals surface area contributed by atoms with E-state index in [1.807, 2.05) is 20.8 Å². The number of hydrogen-bond acceptors (Lipinski definition) is 3. The number of hydrogen-bond donors (Lipinski definition) is 2. The molecule has 0 aromatic heterocycles. The van der Waals surface area contributed by atoms with E-state index in [4.69, 9.17) is 5.73 Å². The number of nitrogens with two attached hydrogens (primary N) is 1. The maximum absolute atomic E-state index is 11.5. The number of nitrogens with one attached hydrogen (secondary N) is 1. The Morgan fingerprint density at radius 2 is 1.69 bits per heavy atom. The first kappa shape index (κ1) is 12.9. The average Bonchev–Trinajstić information content (AvgIpc) is 2.01. The van der Waals surface area contributed by atoms with Crippen LogP contribution in [0.1, 0.15) is 27.7 Å². The van der Waals surface area contributed by atoms with E-state index in [2.05, 4.69) is 4.72 Å². The molecule has 0 spiro atoms. The molecule has 0 saturated heterocycles. The summed E-state index contributed by atoms with van der Waals surface area (Å²) in [7, 11) is -3.23. The topological polar surface area (TPSA) is 72.2 Å². The van der Waals surface area contributed by atoms with Crippen LogP contribution in [0.2, 0.25) is 0 Å². The molecule has 13 heavy (non-hydrogen) atoms. The third kappa shape index (κ3) is 4.06. The summed E-state index contributed by atoms with van der Waals surface area (Å²) in [5, 5.41) is -0.520. The minimum Gasteiger partial charge on any atom is -0.329 e. The van der Waals surface area contributed by atoms with Crippen molar-refractivity contribution in [2.45, 2.75) is 39.0 Å². The lowest BCUT2D eigenvalue weighted by atomic mass is 10.1. The smallest absolute Gasteiger partial charge is 0.215 e. The van der Waals surface area contributed by atoms with E-state index in [0.29, 0.717) is 5.92 Å². The summed E-state index contributed by atoms with van der Waals surface area (Å²) in [4.78, 5) is 0. The zero-order valence-electron chi connectivity index (χ0n) is 8.74. The van der Waals surface area contributed by atoms with Gasteiger partial charge in [-0.2, -0.15) is 0 Å². The van der Waals surface area contributed by atoms with Crippen LogP contribution in [0.5, 0.6) is 0 Å². The first-order valence-corrected chi connectivity index (χ1v) is 6.07. The van der Waals surface area contributed by atoms with E-state index >= 15 is 0 Å². The van der Waals surface area contributed by atoms with Crippen LogP contribution in [-0.4, -0.2) is 26.3 Å². The minimum atomic E-state index is -3.23. The van der Waals surface area contributed by atoms with Crippen LogP contribution >= 0.6 is 0 Å². The van der Waals surface area contributed by atoms with Gasteiger partial charge >= 0.3 is 0 Å². The Kier molecular flexibility index (Phi) is 4.88. The number of rotatable bonds is 5. The quantitative estimate of drug-likeness (QED) is 0.682. The molecule has 0 aliphatic heterocycles. The van der Waals surface area contributed by atoms with Crippen molar-refractivity contribution in [2.75, 3.05) is 6.54 Å². The SMILES string of the molecule is CC(C)C(C)NS(=O)(=O)C(C)CN. The highest BCUT2D eigenvalue weighted by Crippen LogP contribution is 2.04. The molecule has 2 unspecified atom stereocenters. The highest BCUT2D eigenvalue weighted by Gasteiger charge is 2.22. The lowest BCUT2D eigenvalue weighted by Gasteiger charge is -2.20. The fourth-order valence-corrected chi connectivity index (χ4v) is 1.91. The first-order valence-electron chi connectivity index (χ1n) is 4.52. The predicted molar refractivity (Wildman–Crippen MR) is 54.9 cm³/mol. The molecule has 5 heteroatoms. The second kappa shape index (κ2) is 4.93. The van der Waals surface area contributed by atoms with Crippen molar-refractivity contribution in [2.24, 2.45) is 11.7 Å². The van der Waals surface area contributed by atoms with Crippen LogP contribution in [0.25, 0.3) is 0 Å². The monoisotopic (exact) mass is 208 g/mol. The summed E-state index contributed by atoms with van der Waals surface area (Å²) in [6.45, 7) is 7.56. The average molecular weight is 208 g/mol. The molecule has 0 fully saturated rings. The van der Waals surface area contributed by atoms with E-state index in [-0.39, 0.29) is 12.6 Å². The summed E-state index contributed by atoms with van der Waals surface area (Å²) < 4.78 is 25.6. The molecular formula is C8H20N2O2S. The van der Waals surface area contributed by atoms with Gasteiger partial charge in [0, 0.05) is 12.6 Å². The summed E-state index contributed by atoms with van der Waals surface area (Å²) in [5.41, 5.74) is 5.29. The molecule has 0 aliphatic carbocycles. The van der Waals surface area contributed by atoms with Crippen molar-refractivity contribution in [3.05, 3.63) is 0 Å². The van der Waals surface area contributed by atoms with Crippen molar-refractivity contribution in [3.63, 3.8) is 0 Å². The second-order valence-corrected chi connectivity index (χ2v) is 5.87. The van der Waals surface area contributed by atoms with Crippen molar-refractivity contribution in [1.82, 2.24) is 4.72 Å². The zero-order valence-corrected chi connectivity index (χ0v) is 9.56. The van der Waals surface area contributed by atoms with Gasteiger partial charge in [0.2, 0.25) is 10.0 Å². The summed E-state index contributed by atoms with van der Waals surface area (Å²) in [6, 6.07) is -0.0426. The third-order valence-corrected chi connectivity index (χ3v) is 4.16. The normalized spacial score (nSPS) is 17.4. The van der Waals surface area contributed by atoms with Crippen LogP contribution < -0.4 is 10.5 Å². The van der Waals surface area contributed by atoms with Gasteiger partial charge in [0.1, 0.15) is 0 Å². The molecule has 0 heterocycles. The second-order valence-electron chi connectivity index (χ2n) is 3.74. The van der Waals surface area contributed by atoms with Gasteiger partial charge in [0.25, 0.3) is 0 Å². The van der Waals surface area contributed by atoms with E-state index in [1.165, 1.54) is 0 Å². The van der Waals surface area contributed by atoms with Gasteiger partial charge < -0.3 is 5.73 Å². The molecule has 80 valence electrons. The molecule has 0 aliphatic rings. The van der Waals surface area contributed by atoms with E-state index in [1.54, 1.807) is 6.92 Å². The number of sulfonamides is 1. The Bertz CT molecular complexity index is 237. The van der Waals surface area contributed by atoms with Gasteiger partial charge in [-0.25, -0.2) is 13.1 Å². The maximum Gasteiger partial charge on any atom is 0.215 e. The Labute approximate surface area is 80.9 Å². The van der Waals surface area contributed by atoms with Crippen LogP contribution in [0.3, 0.4) is 0 Å². The van der Waals surface area contributed by atoms with Gasteiger partial charge in [-0.3, -0.25) is 0 Å². The van der Waals surface area contributed by atoms with Crippen LogP contribution in [0.4, 0.5) is 0 Å². The standard InChI is InChI=1S/C8H20N2O2S/c1-6(2)8(4)10-13(11,12)7(3)5-9/h6-8,10H,5,9H2,1-4H3. The Morgan fingerprint density at radius 3 is 2.00 bits per heavy atom. The molecule has 0 saturated carbocycles. The van der Waals surface area contributed by atoms with Crippen LogP contribution in [-0.2, 0) is 10.0 Å². The van der Waals surface area contributed by atoms with Gasteiger partial charge in [-0.1, -0.05) is 13.8 Å². The van der Waals surface area contributed by atoms with Gasteiger partial charge in [-0.15, -0.1) is 0 Å². The van der Waals surface area contributed by atoms with Crippen LogP contribution in [0, 0.1) is 5.92 Å². The van der Waals surface area contributed by atoms with E-state index in [0.717, 1.165) is 0 Å². The Balaban J connectivity index is 4.35. The van der Waals surface area contributed by atoms with Gasteiger partial charge in [0.15, 0.2) is 0 Å². The van der Waals surface area contributed by atoms with Crippen molar-refractivity contribution in [1.29, 1.82) is 0 Å². The molecule has 0 amide bonds. The first-order chi connectivity index (χ1) is 5.81. The van der Waals surface area contributed by atoms with Crippen molar-refractivity contribution in [3.8, 4) is 0 Å². The Morgan fingerprint density at radius 1 is 1.23 bits per heavy atom. The molecule has 0 rings (SSSR count). The maximum atomic E-state index is 11.5. The molecule has 2 atom stereocenters. The third-order valence-electron chi connectivity index (χ3n) is 2.21. The molecule has 0 bridgehead atoms. The fraction of sp³-hybridized carbons (Fsp3) is 1.00. The predicted octanol–water partition coefficient (Wildman–Crippen LogP) is 0.298. The molecule has 0 aromatic rings. The lowest BCUT2D eigenvalue weighted by molar-refractivity contribution is 0.472. The van der Waals surface area contributed by atoms with E-state index < -0.39 is 15.3 Å². The van der Waals surface area contributed by atoms with Gasteiger partial charge in [-0.05, 0) is 19.8 Å². The molecular weight excluding hydrogens is 188 g/mol. The highest BCUT2D eigenvalue weighted by molar-refractivity contribution is 7.90. The molecule has 0 radical (unpaired) electrons. The zero-order chi connectivity index (χ0) is 10.6. The minimum absolute atomic E-state index is 0.0426.